The van der Waals surface area contributed by atoms with Gasteiger partial charge in [-0.3, -0.25) is 4.79 Å². The van der Waals surface area contributed by atoms with Crippen molar-refractivity contribution in [2.24, 2.45) is 5.92 Å². The van der Waals surface area contributed by atoms with Gasteiger partial charge in [-0.05, 0) is 18.8 Å². The zero-order chi connectivity index (χ0) is 15.4. The van der Waals surface area contributed by atoms with E-state index < -0.39 is 0 Å². The lowest BCUT2D eigenvalue weighted by Crippen LogP contribution is -2.34. The summed E-state index contributed by atoms with van der Waals surface area (Å²) in [5.41, 5.74) is 6.59. The van der Waals surface area contributed by atoms with E-state index in [0.29, 0.717) is 23.1 Å². The molecule has 2 rings (SSSR count). The zero-order valence-corrected chi connectivity index (χ0v) is 13.3. The van der Waals surface area contributed by atoms with Crippen molar-refractivity contribution in [3.63, 3.8) is 0 Å². The number of carbonyl (C=O) groups is 1. The van der Waals surface area contributed by atoms with Crippen LogP contribution in [0.1, 0.15) is 68.2 Å². The van der Waals surface area contributed by atoms with Crippen LogP contribution < -0.4 is 5.73 Å². The van der Waals surface area contributed by atoms with Crippen LogP contribution in [-0.2, 0) is 0 Å². The van der Waals surface area contributed by atoms with Gasteiger partial charge < -0.3 is 10.6 Å². The molecule has 5 nitrogen and oxygen atoms in total. The minimum absolute atomic E-state index is 0.0950. The van der Waals surface area contributed by atoms with Gasteiger partial charge in [0, 0.05) is 19.5 Å². The van der Waals surface area contributed by atoms with E-state index in [1.165, 1.54) is 32.1 Å². The van der Waals surface area contributed by atoms with E-state index in [-0.39, 0.29) is 11.8 Å². The molecule has 0 spiro atoms. The van der Waals surface area contributed by atoms with Crippen LogP contribution in [0, 0.1) is 5.92 Å². The maximum Gasteiger partial charge on any atom is 0.274 e. The summed E-state index contributed by atoms with van der Waals surface area (Å²) in [4.78, 5) is 22.9. The van der Waals surface area contributed by atoms with E-state index in [4.69, 9.17) is 5.73 Å². The Hall–Kier alpha value is -1.65. The molecule has 5 heteroatoms. The number of rotatable bonds is 4. The molecular weight excluding hydrogens is 264 g/mol. The molecule has 116 valence electrons. The number of hydrogen-bond donors (Lipinski definition) is 1. The summed E-state index contributed by atoms with van der Waals surface area (Å²) in [6.07, 6.45) is 7.86. The van der Waals surface area contributed by atoms with Gasteiger partial charge in [0.1, 0.15) is 5.82 Å². The van der Waals surface area contributed by atoms with Crippen molar-refractivity contribution in [1.82, 2.24) is 14.9 Å². The molecule has 2 N–H and O–H groups in total. The Morgan fingerprint density at radius 2 is 2.05 bits per heavy atom. The third-order valence-corrected chi connectivity index (χ3v) is 4.16. The molecule has 0 aromatic carbocycles. The summed E-state index contributed by atoms with van der Waals surface area (Å²) in [6.45, 7) is 4.80. The molecule has 1 amide bonds. The summed E-state index contributed by atoms with van der Waals surface area (Å²) >= 11 is 0. The van der Waals surface area contributed by atoms with Crippen LogP contribution in [0.15, 0.2) is 6.20 Å². The number of amides is 1. The van der Waals surface area contributed by atoms with Gasteiger partial charge in [0.15, 0.2) is 5.69 Å². The predicted octanol–water partition coefficient (Wildman–Crippen LogP) is 2.83. The summed E-state index contributed by atoms with van der Waals surface area (Å²) in [5, 5.41) is 0. The third kappa shape index (κ3) is 3.93. The average Bonchev–Trinajstić information content (AvgIpc) is 2.47. The van der Waals surface area contributed by atoms with E-state index in [1.54, 1.807) is 11.1 Å². The number of nitrogens with two attached hydrogens (primary N) is 1. The highest BCUT2D eigenvalue weighted by Crippen LogP contribution is 2.25. The maximum absolute atomic E-state index is 12.6. The summed E-state index contributed by atoms with van der Waals surface area (Å²) in [6, 6.07) is 0. The van der Waals surface area contributed by atoms with E-state index in [2.05, 4.69) is 9.97 Å². The first-order valence-electron chi connectivity index (χ1n) is 7.87. The molecule has 0 aliphatic heterocycles. The van der Waals surface area contributed by atoms with Crippen molar-refractivity contribution < 1.29 is 4.79 Å². The highest BCUT2D eigenvalue weighted by molar-refractivity contribution is 5.96. The van der Waals surface area contributed by atoms with Gasteiger partial charge in [-0.25, -0.2) is 9.97 Å². The van der Waals surface area contributed by atoms with Gasteiger partial charge in [0.05, 0.1) is 11.9 Å². The lowest BCUT2D eigenvalue weighted by molar-refractivity contribution is 0.0755. The fourth-order valence-electron chi connectivity index (χ4n) is 2.87. The number of nitrogens with zero attached hydrogens (tertiary/aromatic N) is 3. The van der Waals surface area contributed by atoms with Crippen molar-refractivity contribution >= 4 is 11.6 Å². The largest absolute Gasteiger partial charge is 0.396 e. The Bertz CT molecular complexity index is 495. The van der Waals surface area contributed by atoms with Crippen LogP contribution in [-0.4, -0.2) is 34.4 Å². The molecule has 1 saturated carbocycles. The van der Waals surface area contributed by atoms with E-state index >= 15 is 0 Å². The van der Waals surface area contributed by atoms with Crippen LogP contribution >= 0.6 is 0 Å². The lowest BCUT2D eigenvalue weighted by Gasteiger charge is -2.27. The third-order valence-electron chi connectivity index (χ3n) is 4.16. The van der Waals surface area contributed by atoms with Crippen molar-refractivity contribution in [2.75, 3.05) is 19.3 Å². The summed E-state index contributed by atoms with van der Waals surface area (Å²) in [7, 11) is 1.84. The number of nitrogen functional groups attached to an aromatic ring is 1. The van der Waals surface area contributed by atoms with Gasteiger partial charge in [-0.1, -0.05) is 33.1 Å². The first kappa shape index (κ1) is 15.7. The molecular formula is C16H26N4O. The Morgan fingerprint density at radius 3 is 2.67 bits per heavy atom. The Morgan fingerprint density at radius 1 is 1.38 bits per heavy atom. The summed E-state index contributed by atoms with van der Waals surface area (Å²) in [5.74, 6) is 1.36. The molecule has 0 atom stereocenters. The standard InChI is InChI=1S/C16H26N4O/c1-11(2)15-18-9-13(17)14(19-15)16(21)20(3)10-12-7-5-4-6-8-12/h9,11-12H,4-8,10,17H2,1-3H3. The van der Waals surface area contributed by atoms with Crippen LogP contribution in [0.4, 0.5) is 5.69 Å². The molecule has 21 heavy (non-hydrogen) atoms. The number of anilines is 1. The van der Waals surface area contributed by atoms with Crippen molar-refractivity contribution in [3.05, 3.63) is 17.7 Å². The second kappa shape index (κ2) is 6.87. The molecule has 1 aliphatic carbocycles. The second-order valence-corrected chi connectivity index (χ2v) is 6.38. The molecule has 1 aromatic heterocycles. The Labute approximate surface area is 127 Å². The minimum Gasteiger partial charge on any atom is -0.396 e. The van der Waals surface area contributed by atoms with Gasteiger partial charge in [0.25, 0.3) is 5.91 Å². The van der Waals surface area contributed by atoms with E-state index in [0.717, 1.165) is 6.54 Å². The van der Waals surface area contributed by atoms with E-state index in [1.807, 2.05) is 20.9 Å². The SMILES string of the molecule is CC(C)c1ncc(N)c(C(=O)N(C)CC2CCCCC2)n1. The molecule has 1 aromatic rings. The summed E-state index contributed by atoms with van der Waals surface area (Å²) < 4.78 is 0. The van der Waals surface area contributed by atoms with Gasteiger partial charge in [-0.2, -0.15) is 0 Å². The Kier molecular flexibility index (Phi) is 5.15. The maximum atomic E-state index is 12.6. The van der Waals surface area contributed by atoms with Gasteiger partial charge in [0.2, 0.25) is 0 Å². The molecule has 0 saturated heterocycles. The minimum atomic E-state index is -0.0950. The first-order chi connectivity index (χ1) is 9.99. The van der Waals surface area contributed by atoms with Crippen molar-refractivity contribution in [3.8, 4) is 0 Å². The van der Waals surface area contributed by atoms with Crippen LogP contribution in [0.3, 0.4) is 0 Å². The second-order valence-electron chi connectivity index (χ2n) is 6.38. The topological polar surface area (TPSA) is 72.1 Å². The van der Waals surface area contributed by atoms with E-state index in [9.17, 15) is 4.79 Å². The quantitative estimate of drug-likeness (QED) is 0.925. The van der Waals surface area contributed by atoms with Crippen molar-refractivity contribution in [1.29, 1.82) is 0 Å². The van der Waals surface area contributed by atoms with Crippen LogP contribution in [0.2, 0.25) is 0 Å². The fraction of sp³-hybridized carbons (Fsp3) is 0.688. The number of carbonyl (C=O) groups excluding carboxylic acids is 1. The van der Waals surface area contributed by atoms with Gasteiger partial charge in [-0.15, -0.1) is 0 Å². The molecule has 1 aliphatic rings. The number of hydrogen-bond acceptors (Lipinski definition) is 4. The van der Waals surface area contributed by atoms with Crippen molar-refractivity contribution in [2.45, 2.75) is 51.9 Å². The lowest BCUT2D eigenvalue weighted by atomic mass is 9.89. The highest BCUT2D eigenvalue weighted by Gasteiger charge is 2.22. The monoisotopic (exact) mass is 290 g/mol. The molecule has 0 unspecified atom stereocenters. The zero-order valence-electron chi connectivity index (χ0n) is 13.3. The normalized spacial score (nSPS) is 16.2. The molecule has 0 radical (unpaired) electrons. The molecule has 1 fully saturated rings. The highest BCUT2D eigenvalue weighted by atomic mass is 16.2. The van der Waals surface area contributed by atoms with Crippen LogP contribution in [0.5, 0.6) is 0 Å². The fourth-order valence-corrected chi connectivity index (χ4v) is 2.87. The smallest absolute Gasteiger partial charge is 0.274 e. The Balaban J connectivity index is 2.09. The predicted molar refractivity (Wildman–Crippen MR) is 84.1 cm³/mol. The first-order valence-corrected chi connectivity index (χ1v) is 7.87. The molecule has 1 heterocycles. The number of aromatic nitrogens is 2. The average molecular weight is 290 g/mol. The van der Waals surface area contributed by atoms with Crippen LogP contribution in [0.25, 0.3) is 0 Å². The van der Waals surface area contributed by atoms with Gasteiger partial charge >= 0.3 is 0 Å². The molecule has 0 bridgehead atoms.